The maximum Gasteiger partial charge on any atom is 0.217 e. The lowest BCUT2D eigenvalue weighted by molar-refractivity contribution is -0.0000444. The SMILES string of the molecule is OCC(OS(O)(O)O)[C@H](O)C[S+]1C[C@@H](O)[C@H](O)[C@H]1CO. The molecule has 0 bridgehead atoms. The molecular weight excluding hydrogens is 316 g/mol. The van der Waals surface area contributed by atoms with E-state index in [2.05, 4.69) is 4.18 Å². The molecule has 1 saturated heterocycles. The second kappa shape index (κ2) is 7.56. The summed E-state index contributed by atoms with van der Waals surface area (Å²) in [4.78, 5) is 0. The van der Waals surface area contributed by atoms with Crippen molar-refractivity contribution in [1.82, 2.24) is 0 Å². The first-order chi connectivity index (χ1) is 9.19. The zero-order valence-electron chi connectivity index (χ0n) is 10.5. The minimum Gasteiger partial charge on any atom is -0.394 e. The van der Waals surface area contributed by atoms with Crippen LogP contribution in [0.2, 0.25) is 0 Å². The molecule has 8 N–H and O–H groups in total. The molecule has 1 aliphatic rings. The number of aliphatic hydroxyl groups excluding tert-OH is 5. The van der Waals surface area contributed by atoms with E-state index in [4.69, 9.17) is 18.8 Å². The van der Waals surface area contributed by atoms with Gasteiger partial charge in [0, 0.05) is 10.9 Å². The largest absolute Gasteiger partial charge is 0.394 e. The van der Waals surface area contributed by atoms with Gasteiger partial charge in [0.15, 0.2) is 5.25 Å². The van der Waals surface area contributed by atoms with Crippen LogP contribution in [0.4, 0.5) is 0 Å². The van der Waals surface area contributed by atoms with Crippen molar-refractivity contribution in [1.29, 1.82) is 0 Å². The first-order valence-electron chi connectivity index (χ1n) is 5.80. The Balaban J connectivity index is 2.62. The smallest absolute Gasteiger partial charge is 0.217 e. The molecule has 1 fully saturated rings. The van der Waals surface area contributed by atoms with E-state index in [9.17, 15) is 20.4 Å². The predicted octanol–water partition coefficient (Wildman–Crippen LogP) is -2.42. The van der Waals surface area contributed by atoms with Crippen LogP contribution < -0.4 is 0 Å². The van der Waals surface area contributed by atoms with Crippen LogP contribution in [0.3, 0.4) is 0 Å². The number of hydrogen-bond acceptors (Lipinski definition) is 9. The summed E-state index contributed by atoms with van der Waals surface area (Å²) >= 11 is -4.32. The molecule has 2 unspecified atom stereocenters. The average molecular weight is 337 g/mol. The zero-order chi connectivity index (χ0) is 15.5. The predicted molar refractivity (Wildman–Crippen MR) is 73.4 cm³/mol. The van der Waals surface area contributed by atoms with Gasteiger partial charge in [-0.15, -0.1) is 0 Å². The second-order valence-electron chi connectivity index (χ2n) is 4.50. The first kappa shape index (κ1) is 18.4. The van der Waals surface area contributed by atoms with Crippen molar-refractivity contribution in [3.63, 3.8) is 0 Å². The van der Waals surface area contributed by atoms with Crippen molar-refractivity contribution < 1.29 is 43.4 Å². The van der Waals surface area contributed by atoms with Crippen molar-refractivity contribution >= 4 is 22.0 Å². The average Bonchev–Trinajstić information content (AvgIpc) is 2.60. The van der Waals surface area contributed by atoms with Crippen molar-refractivity contribution in [2.24, 2.45) is 0 Å². The fourth-order valence-corrected chi connectivity index (χ4v) is 5.23. The molecule has 0 aliphatic carbocycles. The molecule has 1 aliphatic heterocycles. The lowest BCUT2D eigenvalue weighted by Crippen LogP contribution is -2.42. The van der Waals surface area contributed by atoms with Gasteiger partial charge in [-0.25, -0.2) is 0 Å². The van der Waals surface area contributed by atoms with E-state index in [0.29, 0.717) is 0 Å². The summed E-state index contributed by atoms with van der Waals surface area (Å²) in [6.07, 6.45) is -4.88. The summed E-state index contributed by atoms with van der Waals surface area (Å²) in [5, 5.41) is 46.6. The van der Waals surface area contributed by atoms with Crippen LogP contribution in [0.1, 0.15) is 0 Å². The second-order valence-corrected chi connectivity index (χ2v) is 7.98. The quantitative estimate of drug-likeness (QED) is 0.235. The van der Waals surface area contributed by atoms with Gasteiger partial charge in [-0.3, -0.25) is 17.8 Å². The molecule has 1 heterocycles. The number of aliphatic hydroxyl groups is 5. The molecule has 0 aromatic heterocycles. The minimum atomic E-state index is -4.32. The van der Waals surface area contributed by atoms with E-state index >= 15 is 0 Å². The first-order valence-corrected chi connectivity index (χ1v) is 8.86. The minimum absolute atomic E-state index is 0.0277. The highest BCUT2D eigenvalue weighted by molar-refractivity contribution is 8.15. The van der Waals surface area contributed by atoms with E-state index < -0.39 is 58.3 Å². The summed E-state index contributed by atoms with van der Waals surface area (Å²) in [6.45, 7) is -1.13. The highest BCUT2D eigenvalue weighted by atomic mass is 32.3. The lowest BCUT2D eigenvalue weighted by Gasteiger charge is -2.27. The van der Waals surface area contributed by atoms with Crippen LogP contribution in [0.15, 0.2) is 0 Å². The molecule has 0 saturated carbocycles. The van der Waals surface area contributed by atoms with Gasteiger partial charge in [0.2, 0.25) is 11.2 Å². The Morgan fingerprint density at radius 3 is 2.25 bits per heavy atom. The van der Waals surface area contributed by atoms with Gasteiger partial charge in [0.05, 0.1) is 13.2 Å². The van der Waals surface area contributed by atoms with Crippen molar-refractivity contribution in [2.75, 3.05) is 24.7 Å². The van der Waals surface area contributed by atoms with Gasteiger partial charge in [-0.05, 0) is 0 Å². The van der Waals surface area contributed by atoms with Gasteiger partial charge < -0.3 is 25.5 Å². The Hall–Kier alpha value is 0.340. The highest BCUT2D eigenvalue weighted by Gasteiger charge is 2.50. The standard InChI is InChI=1S/C9H20O9S2/c10-1-7(18-20(15,16)17)5(12)3-19-4-6(13)9(14)8(19)2-11/h5-14H,1-4H2,(H2-,15,16,17)/p+1/t5-,6-,7?,8-,9+,19?/m1/s1. The highest BCUT2D eigenvalue weighted by Crippen LogP contribution is 2.36. The van der Waals surface area contributed by atoms with Crippen LogP contribution in [0, 0.1) is 0 Å². The Bertz CT molecular complexity index is 300. The monoisotopic (exact) mass is 337 g/mol. The van der Waals surface area contributed by atoms with Gasteiger partial charge in [-0.2, -0.15) is 0 Å². The lowest BCUT2D eigenvalue weighted by atomic mass is 10.2. The Kier molecular flexibility index (Phi) is 6.95. The van der Waals surface area contributed by atoms with E-state index in [0.717, 1.165) is 0 Å². The number of hydrogen-bond donors (Lipinski definition) is 8. The topological polar surface area (TPSA) is 171 Å². The molecule has 122 valence electrons. The molecule has 0 amide bonds. The van der Waals surface area contributed by atoms with Gasteiger partial charge in [-0.1, -0.05) is 0 Å². The summed E-state index contributed by atoms with van der Waals surface area (Å²) in [7, 11) is -0.733. The van der Waals surface area contributed by atoms with E-state index in [1.54, 1.807) is 0 Å². The van der Waals surface area contributed by atoms with E-state index in [1.807, 2.05) is 0 Å². The third-order valence-electron chi connectivity index (χ3n) is 3.01. The summed E-state index contributed by atoms with van der Waals surface area (Å²) in [5.74, 6) is 0.150. The summed E-state index contributed by atoms with van der Waals surface area (Å²) < 4.78 is 30.6. The van der Waals surface area contributed by atoms with Crippen LogP contribution in [0.25, 0.3) is 0 Å². The molecule has 0 radical (unpaired) electrons. The van der Waals surface area contributed by atoms with Gasteiger partial charge in [0.25, 0.3) is 0 Å². The molecule has 0 aromatic carbocycles. The van der Waals surface area contributed by atoms with Crippen LogP contribution in [-0.2, 0) is 15.1 Å². The Morgan fingerprint density at radius 1 is 1.20 bits per heavy atom. The molecule has 0 aromatic rings. The third-order valence-corrected chi connectivity index (χ3v) is 6.34. The van der Waals surface area contributed by atoms with Crippen LogP contribution >= 0.6 is 11.2 Å². The fraction of sp³-hybridized carbons (Fsp3) is 1.00. The van der Waals surface area contributed by atoms with Gasteiger partial charge in [0.1, 0.15) is 35.9 Å². The molecular formula is C9H21O9S2+. The van der Waals surface area contributed by atoms with Crippen LogP contribution in [0.5, 0.6) is 0 Å². The normalized spacial score (nSPS) is 35.0. The Morgan fingerprint density at radius 2 is 1.80 bits per heavy atom. The summed E-state index contributed by atoms with van der Waals surface area (Å²) in [6, 6.07) is 0. The van der Waals surface area contributed by atoms with Gasteiger partial charge >= 0.3 is 0 Å². The maximum absolute atomic E-state index is 9.88. The molecule has 6 atom stereocenters. The van der Waals surface area contributed by atoms with Crippen molar-refractivity contribution in [3.05, 3.63) is 0 Å². The summed E-state index contributed by atoms with van der Waals surface area (Å²) in [5.41, 5.74) is 0. The number of rotatable bonds is 7. The fourth-order valence-electron chi connectivity index (χ4n) is 2.00. The molecule has 0 spiro atoms. The Labute approximate surface area is 120 Å². The van der Waals surface area contributed by atoms with Crippen LogP contribution in [-0.4, -0.2) is 93.6 Å². The molecule has 20 heavy (non-hydrogen) atoms. The van der Waals surface area contributed by atoms with E-state index in [1.165, 1.54) is 0 Å². The molecule has 11 heteroatoms. The van der Waals surface area contributed by atoms with Crippen molar-refractivity contribution in [2.45, 2.75) is 29.7 Å². The van der Waals surface area contributed by atoms with E-state index in [-0.39, 0.29) is 18.1 Å². The maximum atomic E-state index is 9.88. The van der Waals surface area contributed by atoms with Crippen molar-refractivity contribution in [3.8, 4) is 0 Å². The zero-order valence-corrected chi connectivity index (χ0v) is 12.2. The molecule has 1 rings (SSSR count). The molecule has 9 nitrogen and oxygen atoms in total. The third kappa shape index (κ3) is 4.96.